The van der Waals surface area contributed by atoms with Crippen LogP contribution in [0.25, 0.3) is 10.8 Å². The normalized spacial score (nSPS) is 9.21. The first-order chi connectivity index (χ1) is 9.28. The summed E-state index contributed by atoms with van der Waals surface area (Å²) in [7, 11) is 1.56. The third kappa shape index (κ3) is 2.62. The number of benzene rings is 1. The topological polar surface area (TPSA) is 81.7 Å². The van der Waals surface area contributed by atoms with Gasteiger partial charge in [0.15, 0.2) is 0 Å². The minimum Gasteiger partial charge on any atom is -0.481 e. The molecule has 5 heteroatoms. The van der Waals surface area contributed by atoms with E-state index in [1.807, 2.05) is 24.3 Å². The molecule has 0 radical (unpaired) electrons. The number of anilines is 1. The number of methoxy groups -OCH3 is 1. The van der Waals surface area contributed by atoms with Gasteiger partial charge in [0.05, 0.1) is 7.11 Å². The summed E-state index contributed by atoms with van der Waals surface area (Å²) >= 11 is 0. The molecule has 0 aliphatic rings. The highest BCUT2D eigenvalue weighted by molar-refractivity contribution is 5.89. The number of allylic oxidation sites excluding steroid dienone is 1. The van der Waals surface area contributed by atoms with Gasteiger partial charge in [-0.15, -0.1) is 0 Å². The maximum Gasteiger partial charge on any atom is 0.221 e. The number of pyridine rings is 1. The number of hydrogen-bond donors (Lipinski definition) is 1. The van der Waals surface area contributed by atoms with Crippen LogP contribution in [-0.4, -0.2) is 12.1 Å². The van der Waals surface area contributed by atoms with Crippen molar-refractivity contribution >= 4 is 16.5 Å². The molecular formula is C14H10N4O. The van der Waals surface area contributed by atoms with Gasteiger partial charge in [0.25, 0.3) is 0 Å². The second-order valence-corrected chi connectivity index (χ2v) is 3.68. The fourth-order valence-electron chi connectivity index (χ4n) is 1.64. The van der Waals surface area contributed by atoms with E-state index in [-0.39, 0.29) is 5.57 Å². The third-order valence-electron chi connectivity index (χ3n) is 2.55. The zero-order valence-corrected chi connectivity index (χ0v) is 10.2. The van der Waals surface area contributed by atoms with Gasteiger partial charge in [0.1, 0.15) is 17.7 Å². The van der Waals surface area contributed by atoms with Crippen LogP contribution < -0.4 is 10.1 Å². The fourth-order valence-corrected chi connectivity index (χ4v) is 1.64. The standard InChI is InChI=1S/C14H10N4O/c1-19-14-13-6-12(18-9-10(7-15)8-16)3-2-11(13)4-5-17-14/h2-6,9,18H,1H3. The van der Waals surface area contributed by atoms with Crippen LogP contribution in [0, 0.1) is 22.7 Å². The van der Waals surface area contributed by atoms with Crippen molar-refractivity contribution < 1.29 is 4.74 Å². The first-order valence-corrected chi connectivity index (χ1v) is 5.48. The van der Waals surface area contributed by atoms with E-state index in [4.69, 9.17) is 15.3 Å². The molecule has 2 aromatic rings. The van der Waals surface area contributed by atoms with Crippen LogP contribution in [0.1, 0.15) is 0 Å². The highest BCUT2D eigenvalue weighted by Crippen LogP contribution is 2.25. The molecule has 92 valence electrons. The molecule has 0 saturated heterocycles. The highest BCUT2D eigenvalue weighted by Gasteiger charge is 2.03. The highest BCUT2D eigenvalue weighted by atomic mass is 16.5. The van der Waals surface area contributed by atoms with Crippen LogP contribution in [-0.2, 0) is 0 Å². The second-order valence-electron chi connectivity index (χ2n) is 3.68. The van der Waals surface area contributed by atoms with E-state index in [0.717, 1.165) is 16.5 Å². The number of rotatable bonds is 3. The Morgan fingerprint density at radius 3 is 2.79 bits per heavy atom. The average molecular weight is 250 g/mol. The quantitative estimate of drug-likeness (QED) is 0.846. The SMILES string of the molecule is COc1nccc2ccc(NC=C(C#N)C#N)cc12. The van der Waals surface area contributed by atoms with Gasteiger partial charge in [0.2, 0.25) is 5.88 Å². The Morgan fingerprint density at radius 1 is 1.32 bits per heavy atom. The maximum absolute atomic E-state index is 8.65. The van der Waals surface area contributed by atoms with Gasteiger partial charge in [0, 0.05) is 23.5 Å². The lowest BCUT2D eigenvalue weighted by atomic mass is 10.1. The summed E-state index contributed by atoms with van der Waals surface area (Å²) in [6, 6.07) is 11.1. The molecule has 0 aliphatic heterocycles. The maximum atomic E-state index is 8.65. The van der Waals surface area contributed by atoms with E-state index in [1.165, 1.54) is 6.20 Å². The number of nitrogens with one attached hydrogen (secondary N) is 1. The van der Waals surface area contributed by atoms with Crippen LogP contribution in [0.2, 0.25) is 0 Å². The van der Waals surface area contributed by atoms with Gasteiger partial charge in [-0.05, 0) is 23.6 Å². The van der Waals surface area contributed by atoms with Crippen LogP contribution in [0.15, 0.2) is 42.2 Å². The lowest BCUT2D eigenvalue weighted by molar-refractivity contribution is 0.403. The zero-order valence-electron chi connectivity index (χ0n) is 10.2. The van der Waals surface area contributed by atoms with E-state index < -0.39 is 0 Å². The molecule has 0 bridgehead atoms. The molecular weight excluding hydrogens is 240 g/mol. The van der Waals surface area contributed by atoms with Crippen molar-refractivity contribution in [3.63, 3.8) is 0 Å². The summed E-state index contributed by atoms with van der Waals surface area (Å²) in [5.74, 6) is 0.533. The Morgan fingerprint density at radius 2 is 2.11 bits per heavy atom. The molecule has 0 saturated carbocycles. The first-order valence-electron chi connectivity index (χ1n) is 5.48. The van der Waals surface area contributed by atoms with Crippen molar-refractivity contribution in [3.8, 4) is 18.0 Å². The van der Waals surface area contributed by atoms with Gasteiger partial charge < -0.3 is 10.1 Å². The molecule has 1 aromatic heterocycles. The van der Waals surface area contributed by atoms with Gasteiger partial charge in [-0.1, -0.05) is 6.07 Å². The lowest BCUT2D eigenvalue weighted by Crippen LogP contribution is -1.92. The second kappa shape index (κ2) is 5.52. The molecule has 0 amide bonds. The number of aromatic nitrogens is 1. The lowest BCUT2D eigenvalue weighted by Gasteiger charge is -2.06. The molecule has 1 aromatic carbocycles. The minimum absolute atomic E-state index is 0.0123. The predicted octanol–water partition coefficient (Wildman–Crippen LogP) is 2.59. The number of nitriles is 2. The molecule has 0 unspecified atom stereocenters. The molecule has 0 aliphatic carbocycles. The summed E-state index contributed by atoms with van der Waals surface area (Å²) in [4.78, 5) is 4.12. The Balaban J connectivity index is 2.40. The van der Waals surface area contributed by atoms with Crippen LogP contribution >= 0.6 is 0 Å². The van der Waals surface area contributed by atoms with Crippen molar-refractivity contribution in [2.45, 2.75) is 0 Å². The number of hydrogen-bond acceptors (Lipinski definition) is 5. The van der Waals surface area contributed by atoms with Gasteiger partial charge in [-0.3, -0.25) is 0 Å². The van der Waals surface area contributed by atoms with Crippen molar-refractivity contribution in [2.75, 3.05) is 12.4 Å². The first kappa shape index (κ1) is 12.4. The van der Waals surface area contributed by atoms with Gasteiger partial charge in [-0.2, -0.15) is 10.5 Å². The van der Waals surface area contributed by atoms with E-state index in [2.05, 4.69) is 10.3 Å². The van der Waals surface area contributed by atoms with Crippen molar-refractivity contribution in [1.29, 1.82) is 10.5 Å². The summed E-state index contributed by atoms with van der Waals surface area (Å²) in [6.45, 7) is 0. The van der Waals surface area contributed by atoms with Gasteiger partial charge in [-0.25, -0.2) is 4.98 Å². The van der Waals surface area contributed by atoms with Crippen molar-refractivity contribution in [2.24, 2.45) is 0 Å². The molecule has 2 rings (SSSR count). The molecule has 19 heavy (non-hydrogen) atoms. The van der Waals surface area contributed by atoms with Gasteiger partial charge >= 0.3 is 0 Å². The Hall–Kier alpha value is -3.05. The molecule has 1 N–H and O–H groups in total. The smallest absolute Gasteiger partial charge is 0.221 e. The summed E-state index contributed by atoms with van der Waals surface area (Å²) < 4.78 is 5.19. The van der Waals surface area contributed by atoms with E-state index in [0.29, 0.717) is 5.88 Å². The molecule has 0 fully saturated rings. The fraction of sp³-hybridized carbons (Fsp3) is 0.0714. The zero-order chi connectivity index (χ0) is 13.7. The minimum atomic E-state index is 0.0123. The average Bonchev–Trinajstić information content (AvgIpc) is 2.47. The summed E-state index contributed by atoms with van der Waals surface area (Å²) in [5.41, 5.74) is 0.764. The summed E-state index contributed by atoms with van der Waals surface area (Å²) in [6.07, 6.45) is 3.04. The van der Waals surface area contributed by atoms with Crippen molar-refractivity contribution in [3.05, 3.63) is 42.2 Å². The Kier molecular flexibility index (Phi) is 3.61. The third-order valence-corrected chi connectivity index (χ3v) is 2.55. The molecule has 0 spiro atoms. The summed E-state index contributed by atoms with van der Waals surface area (Å²) in [5, 5.41) is 22.1. The van der Waals surface area contributed by atoms with E-state index in [9.17, 15) is 0 Å². The Labute approximate surface area is 110 Å². The van der Waals surface area contributed by atoms with Crippen LogP contribution in [0.4, 0.5) is 5.69 Å². The van der Waals surface area contributed by atoms with Crippen LogP contribution in [0.5, 0.6) is 5.88 Å². The Bertz CT molecular complexity index is 706. The van der Waals surface area contributed by atoms with E-state index >= 15 is 0 Å². The molecule has 1 heterocycles. The molecule has 5 nitrogen and oxygen atoms in total. The van der Waals surface area contributed by atoms with Crippen molar-refractivity contribution in [1.82, 2.24) is 4.98 Å². The number of fused-ring (bicyclic) bond motifs is 1. The molecule has 0 atom stereocenters. The predicted molar refractivity (Wildman–Crippen MR) is 71.2 cm³/mol. The number of ether oxygens (including phenoxy) is 1. The monoisotopic (exact) mass is 250 g/mol. The van der Waals surface area contributed by atoms with Crippen LogP contribution in [0.3, 0.4) is 0 Å². The number of nitrogens with zero attached hydrogens (tertiary/aromatic N) is 3. The van der Waals surface area contributed by atoms with E-state index in [1.54, 1.807) is 25.4 Å². The largest absolute Gasteiger partial charge is 0.481 e.